The molecule has 1 unspecified atom stereocenters. The lowest BCUT2D eigenvalue weighted by Gasteiger charge is -2.26. The van der Waals surface area contributed by atoms with Gasteiger partial charge in [0.2, 0.25) is 0 Å². The van der Waals surface area contributed by atoms with E-state index in [0.717, 1.165) is 33.3 Å². The van der Waals surface area contributed by atoms with Gasteiger partial charge in [0, 0.05) is 28.4 Å². The number of aromatic hydroxyl groups is 1. The molecule has 27 heavy (non-hydrogen) atoms. The second kappa shape index (κ2) is 6.39. The Labute approximate surface area is 155 Å². The molecule has 0 saturated heterocycles. The van der Waals surface area contributed by atoms with Crippen molar-refractivity contribution in [2.24, 2.45) is 5.92 Å². The molecule has 136 valence electrons. The normalized spacial score (nSPS) is 16.1. The Balaban J connectivity index is 2.05. The number of phenols is 1. The van der Waals surface area contributed by atoms with Gasteiger partial charge in [0.25, 0.3) is 0 Å². The minimum atomic E-state index is -0.808. The van der Waals surface area contributed by atoms with E-state index in [1.54, 1.807) is 30.3 Å². The molecule has 0 bridgehead atoms. The Morgan fingerprint density at radius 2 is 1.93 bits per heavy atom. The molecule has 0 saturated carbocycles. The summed E-state index contributed by atoms with van der Waals surface area (Å²) < 4.78 is 0. The third-order valence-corrected chi connectivity index (χ3v) is 5.27. The molecular weight excluding hydrogens is 342 g/mol. The number of nitrogens with two attached hydrogens (primary N) is 1. The monoisotopic (exact) mass is 361 g/mol. The molecule has 1 aliphatic rings. The second-order valence-corrected chi connectivity index (χ2v) is 6.85. The molecule has 0 fully saturated rings. The predicted octanol–water partition coefficient (Wildman–Crippen LogP) is 3.38. The summed E-state index contributed by atoms with van der Waals surface area (Å²) in [4.78, 5) is 16.4. The minimum Gasteiger partial charge on any atom is -0.508 e. The molecule has 0 spiro atoms. The first-order valence-corrected chi connectivity index (χ1v) is 8.76. The quantitative estimate of drug-likeness (QED) is 0.421. The number of nitrogens with zero attached hydrogens (tertiary/aromatic N) is 1. The molecule has 0 radical (unpaired) electrons. The van der Waals surface area contributed by atoms with Crippen molar-refractivity contribution >= 4 is 28.8 Å². The van der Waals surface area contributed by atoms with Crippen LogP contribution in [-0.2, 0) is 17.6 Å². The number of nitrogens with one attached hydrogen (secondary N) is 1. The van der Waals surface area contributed by atoms with Crippen molar-refractivity contribution in [2.45, 2.75) is 19.3 Å². The van der Waals surface area contributed by atoms with Gasteiger partial charge in [0.1, 0.15) is 5.75 Å². The van der Waals surface area contributed by atoms with Crippen molar-refractivity contribution in [3.63, 3.8) is 0 Å². The van der Waals surface area contributed by atoms with Crippen LogP contribution in [0.1, 0.15) is 23.1 Å². The molecule has 0 amide bonds. The lowest BCUT2D eigenvalue weighted by atomic mass is 9.79. The van der Waals surface area contributed by atoms with Gasteiger partial charge in [0.05, 0.1) is 17.1 Å². The summed E-state index contributed by atoms with van der Waals surface area (Å²) in [6.07, 6.45) is 2.77. The minimum absolute atomic E-state index is 0.163. The molecule has 4 rings (SSSR count). The molecule has 1 aliphatic carbocycles. The van der Waals surface area contributed by atoms with Crippen LogP contribution in [0.4, 0.5) is 5.69 Å². The first-order chi connectivity index (χ1) is 13.0. The second-order valence-electron chi connectivity index (χ2n) is 6.85. The maximum Gasteiger partial charge on any atom is 0.306 e. The molecule has 1 aromatic heterocycles. The lowest BCUT2D eigenvalue weighted by Crippen LogP contribution is -2.23. The van der Waals surface area contributed by atoms with E-state index >= 15 is 0 Å². The number of phenolic OH excluding ortho intramolecular Hbond substituents is 1. The van der Waals surface area contributed by atoms with Crippen molar-refractivity contribution in [3.05, 3.63) is 53.1 Å². The van der Waals surface area contributed by atoms with Crippen LogP contribution in [0, 0.1) is 11.3 Å². The fourth-order valence-corrected chi connectivity index (χ4v) is 3.90. The summed E-state index contributed by atoms with van der Waals surface area (Å²) in [6, 6.07) is 10.3. The van der Waals surface area contributed by atoms with Crippen molar-refractivity contribution in [2.75, 3.05) is 5.73 Å². The third kappa shape index (κ3) is 2.79. The summed E-state index contributed by atoms with van der Waals surface area (Å²) in [6.45, 7) is 0. The summed E-state index contributed by atoms with van der Waals surface area (Å²) in [5, 5.41) is 27.7. The van der Waals surface area contributed by atoms with E-state index in [0.29, 0.717) is 30.5 Å². The van der Waals surface area contributed by atoms with Crippen LogP contribution in [0.2, 0.25) is 0 Å². The summed E-state index contributed by atoms with van der Waals surface area (Å²) >= 11 is 0. The standard InChI is InChI=1S/C21H19N3O3/c22-10-16-17(23)7-8-18-19(16)14-6-3-12(21(26)27)9-15(14)20(24-18)11-1-4-13(25)5-2-11/h1-2,4-5,7-8,10,12,22,25H,3,6,9,23H2,(H,26,27). The van der Waals surface area contributed by atoms with Gasteiger partial charge in [-0.3, -0.25) is 4.79 Å². The van der Waals surface area contributed by atoms with E-state index in [1.165, 1.54) is 6.21 Å². The number of pyridine rings is 1. The van der Waals surface area contributed by atoms with Gasteiger partial charge in [0.15, 0.2) is 0 Å². The molecule has 1 atom stereocenters. The number of aromatic nitrogens is 1. The molecule has 2 aromatic carbocycles. The maximum atomic E-state index is 11.6. The number of aryl methyl sites for hydroxylation is 1. The number of nitrogen functional groups attached to an aromatic ring is 1. The van der Waals surface area contributed by atoms with Crippen LogP contribution < -0.4 is 5.73 Å². The van der Waals surface area contributed by atoms with E-state index in [2.05, 4.69) is 0 Å². The summed E-state index contributed by atoms with van der Waals surface area (Å²) in [7, 11) is 0. The van der Waals surface area contributed by atoms with Gasteiger partial charge in [-0.1, -0.05) is 0 Å². The van der Waals surface area contributed by atoms with Crippen molar-refractivity contribution < 1.29 is 15.0 Å². The Morgan fingerprint density at radius 3 is 2.59 bits per heavy atom. The fourth-order valence-electron chi connectivity index (χ4n) is 3.90. The number of carboxylic acid groups (broad SMARTS) is 1. The van der Waals surface area contributed by atoms with Gasteiger partial charge in [-0.15, -0.1) is 0 Å². The van der Waals surface area contributed by atoms with E-state index in [1.807, 2.05) is 6.07 Å². The van der Waals surface area contributed by atoms with Gasteiger partial charge >= 0.3 is 5.97 Å². The number of benzene rings is 2. The van der Waals surface area contributed by atoms with Crippen LogP contribution >= 0.6 is 0 Å². The summed E-state index contributed by atoms with van der Waals surface area (Å²) in [5.41, 5.74) is 11.4. The number of carbonyl (C=O) groups is 1. The Kier molecular flexibility index (Phi) is 4.03. The number of aliphatic carboxylic acids is 1. The maximum absolute atomic E-state index is 11.6. The largest absolute Gasteiger partial charge is 0.508 e. The van der Waals surface area contributed by atoms with E-state index in [9.17, 15) is 15.0 Å². The highest BCUT2D eigenvalue weighted by molar-refractivity contribution is 6.05. The number of anilines is 1. The lowest BCUT2D eigenvalue weighted by molar-refractivity contribution is -0.142. The van der Waals surface area contributed by atoms with E-state index in [4.69, 9.17) is 16.1 Å². The van der Waals surface area contributed by atoms with Gasteiger partial charge in [-0.2, -0.15) is 0 Å². The van der Waals surface area contributed by atoms with Crippen LogP contribution in [0.5, 0.6) is 5.75 Å². The number of fused-ring (bicyclic) bond motifs is 3. The highest BCUT2D eigenvalue weighted by Crippen LogP contribution is 2.39. The molecule has 5 N–H and O–H groups in total. The zero-order chi connectivity index (χ0) is 19.1. The number of carboxylic acids is 1. The van der Waals surface area contributed by atoms with Gasteiger partial charge in [-0.25, -0.2) is 4.98 Å². The topological polar surface area (TPSA) is 120 Å². The van der Waals surface area contributed by atoms with Crippen LogP contribution in [0.3, 0.4) is 0 Å². The molecule has 0 aliphatic heterocycles. The van der Waals surface area contributed by atoms with Crippen LogP contribution in [0.25, 0.3) is 22.2 Å². The first-order valence-electron chi connectivity index (χ1n) is 8.76. The van der Waals surface area contributed by atoms with Gasteiger partial charge in [-0.05, 0) is 66.8 Å². The molecule has 6 nitrogen and oxygen atoms in total. The van der Waals surface area contributed by atoms with Gasteiger partial charge < -0.3 is 21.4 Å². The number of hydrogen-bond acceptors (Lipinski definition) is 5. The van der Waals surface area contributed by atoms with Crippen LogP contribution in [-0.4, -0.2) is 27.4 Å². The Morgan fingerprint density at radius 1 is 1.19 bits per heavy atom. The zero-order valence-corrected chi connectivity index (χ0v) is 14.6. The van der Waals surface area contributed by atoms with E-state index in [-0.39, 0.29) is 5.75 Å². The number of hydrogen-bond donors (Lipinski definition) is 4. The molecular formula is C21H19N3O3. The van der Waals surface area contributed by atoms with Crippen LogP contribution in [0.15, 0.2) is 36.4 Å². The highest BCUT2D eigenvalue weighted by atomic mass is 16.4. The zero-order valence-electron chi connectivity index (χ0n) is 14.6. The molecule has 1 heterocycles. The fraction of sp³-hybridized carbons (Fsp3) is 0.190. The van der Waals surface area contributed by atoms with Crippen molar-refractivity contribution in [1.82, 2.24) is 4.98 Å². The first kappa shape index (κ1) is 17.0. The van der Waals surface area contributed by atoms with E-state index < -0.39 is 11.9 Å². The summed E-state index contributed by atoms with van der Waals surface area (Å²) in [5.74, 6) is -1.11. The SMILES string of the molecule is N=Cc1c(N)ccc2nc(-c3ccc(O)cc3)c3c(c12)CCC(C(=O)O)C3. The predicted molar refractivity (Wildman–Crippen MR) is 104 cm³/mol. The average molecular weight is 361 g/mol. The third-order valence-electron chi connectivity index (χ3n) is 5.27. The smallest absolute Gasteiger partial charge is 0.306 e. The molecule has 3 aromatic rings. The molecule has 6 heteroatoms. The van der Waals surface area contributed by atoms with Crippen molar-refractivity contribution in [3.8, 4) is 17.0 Å². The highest BCUT2D eigenvalue weighted by Gasteiger charge is 2.29. The number of rotatable bonds is 3. The average Bonchev–Trinajstić information content (AvgIpc) is 2.67. The van der Waals surface area contributed by atoms with Crippen molar-refractivity contribution in [1.29, 1.82) is 5.41 Å². The Bertz CT molecular complexity index is 1070. The Hall–Kier alpha value is -3.41.